The molecule has 0 aliphatic carbocycles. The van der Waals surface area contributed by atoms with Crippen molar-refractivity contribution in [1.82, 2.24) is 4.90 Å². The summed E-state index contributed by atoms with van der Waals surface area (Å²) in [7, 11) is 1.68. The number of piperidine rings is 1. The van der Waals surface area contributed by atoms with E-state index in [0.29, 0.717) is 6.04 Å². The Kier molecular flexibility index (Phi) is 4.40. The van der Waals surface area contributed by atoms with Gasteiger partial charge in [-0.15, -0.1) is 0 Å². The van der Waals surface area contributed by atoms with Crippen LogP contribution in [0.15, 0.2) is 12.1 Å². The maximum absolute atomic E-state index is 11.1. The molecular formula is C17H27NO2. The first-order valence-corrected chi connectivity index (χ1v) is 7.49. The van der Waals surface area contributed by atoms with Crippen molar-refractivity contribution < 1.29 is 9.84 Å². The van der Waals surface area contributed by atoms with E-state index in [1.54, 1.807) is 7.11 Å². The van der Waals surface area contributed by atoms with Crippen LogP contribution < -0.4 is 4.74 Å². The molecule has 1 aromatic rings. The van der Waals surface area contributed by atoms with Crippen LogP contribution in [0, 0.1) is 13.8 Å². The average Bonchev–Trinajstić information content (AvgIpc) is 2.37. The van der Waals surface area contributed by atoms with Gasteiger partial charge in [-0.05, 0) is 57.7 Å². The topological polar surface area (TPSA) is 32.7 Å². The van der Waals surface area contributed by atoms with Gasteiger partial charge in [-0.25, -0.2) is 0 Å². The fourth-order valence-corrected chi connectivity index (χ4v) is 3.35. The first-order valence-electron chi connectivity index (χ1n) is 7.49. The van der Waals surface area contributed by atoms with Crippen LogP contribution in [0.2, 0.25) is 0 Å². The molecule has 1 heterocycles. The monoisotopic (exact) mass is 277 g/mol. The van der Waals surface area contributed by atoms with Crippen molar-refractivity contribution in [3.63, 3.8) is 0 Å². The minimum absolute atomic E-state index is 0.542. The Bertz CT molecular complexity index is 474. The zero-order valence-corrected chi connectivity index (χ0v) is 13.4. The summed E-state index contributed by atoms with van der Waals surface area (Å²) in [5.74, 6) is 0.822. The second-order valence-corrected chi connectivity index (χ2v) is 6.32. The average molecular weight is 277 g/mol. The fraction of sp³-hybridized carbons (Fsp3) is 0.647. The smallest absolute Gasteiger partial charge is 0.125 e. The molecule has 0 amide bonds. The Labute approximate surface area is 122 Å². The van der Waals surface area contributed by atoms with E-state index >= 15 is 0 Å². The number of likely N-dealkylation sites (tertiary alicyclic amines) is 1. The number of nitrogens with zero attached hydrogens (tertiary/aromatic N) is 1. The third-order valence-corrected chi connectivity index (χ3v) is 4.48. The third kappa shape index (κ3) is 2.84. The molecule has 0 bridgehead atoms. The van der Waals surface area contributed by atoms with Crippen LogP contribution in [0.3, 0.4) is 0 Å². The molecule has 3 nitrogen and oxygen atoms in total. The van der Waals surface area contributed by atoms with Crippen LogP contribution in [-0.4, -0.2) is 36.2 Å². The molecule has 112 valence electrons. The van der Waals surface area contributed by atoms with Gasteiger partial charge in [0.2, 0.25) is 0 Å². The van der Waals surface area contributed by atoms with Gasteiger partial charge in [-0.2, -0.15) is 0 Å². The molecule has 0 atom stereocenters. The minimum Gasteiger partial charge on any atom is -0.496 e. The van der Waals surface area contributed by atoms with E-state index in [4.69, 9.17) is 4.74 Å². The van der Waals surface area contributed by atoms with Crippen LogP contribution in [0.4, 0.5) is 0 Å². The predicted octanol–water partition coefficient (Wildman–Crippen LogP) is 3.00. The number of aryl methyl sites for hydroxylation is 2. The van der Waals surface area contributed by atoms with Crippen molar-refractivity contribution in [2.75, 3.05) is 20.2 Å². The fourth-order valence-electron chi connectivity index (χ4n) is 3.35. The van der Waals surface area contributed by atoms with Crippen LogP contribution in [0.5, 0.6) is 5.75 Å². The molecule has 1 aliphatic rings. The highest BCUT2D eigenvalue weighted by Crippen LogP contribution is 2.40. The molecule has 0 radical (unpaired) electrons. The molecule has 0 unspecified atom stereocenters. The summed E-state index contributed by atoms with van der Waals surface area (Å²) >= 11 is 0. The standard InChI is InChI=1S/C17H27NO2/c1-12(2)18-8-6-17(19,7-9-18)16-14(4)10-13(3)11-15(16)20-5/h10-12,19H,6-9H2,1-5H3. The number of hydrogen-bond acceptors (Lipinski definition) is 3. The number of rotatable bonds is 3. The van der Waals surface area contributed by atoms with Crippen molar-refractivity contribution in [3.05, 3.63) is 28.8 Å². The molecule has 1 saturated heterocycles. The number of methoxy groups -OCH3 is 1. The van der Waals surface area contributed by atoms with E-state index in [1.807, 2.05) is 6.07 Å². The van der Waals surface area contributed by atoms with Gasteiger partial charge in [0.25, 0.3) is 0 Å². The highest BCUT2D eigenvalue weighted by Gasteiger charge is 2.37. The summed E-state index contributed by atoms with van der Waals surface area (Å²) in [6.07, 6.45) is 1.54. The summed E-state index contributed by atoms with van der Waals surface area (Å²) in [4.78, 5) is 2.42. The first kappa shape index (κ1) is 15.3. The Morgan fingerprint density at radius 1 is 1.20 bits per heavy atom. The largest absolute Gasteiger partial charge is 0.496 e. The van der Waals surface area contributed by atoms with Gasteiger partial charge in [0.05, 0.1) is 12.7 Å². The van der Waals surface area contributed by atoms with Crippen LogP contribution in [0.25, 0.3) is 0 Å². The van der Waals surface area contributed by atoms with Gasteiger partial charge >= 0.3 is 0 Å². The molecule has 3 heteroatoms. The maximum atomic E-state index is 11.1. The number of ether oxygens (including phenoxy) is 1. The zero-order valence-electron chi connectivity index (χ0n) is 13.4. The molecule has 2 rings (SSSR count). The summed E-state index contributed by atoms with van der Waals surface area (Å²) in [5, 5.41) is 11.1. The lowest BCUT2D eigenvalue weighted by Gasteiger charge is -2.41. The third-order valence-electron chi connectivity index (χ3n) is 4.48. The Balaban J connectivity index is 2.32. The molecular weight excluding hydrogens is 250 g/mol. The van der Waals surface area contributed by atoms with E-state index < -0.39 is 5.60 Å². The lowest BCUT2D eigenvalue weighted by molar-refractivity contribution is -0.0342. The van der Waals surface area contributed by atoms with Crippen molar-refractivity contribution in [2.45, 2.75) is 52.2 Å². The number of aliphatic hydroxyl groups is 1. The van der Waals surface area contributed by atoms with E-state index in [9.17, 15) is 5.11 Å². The quantitative estimate of drug-likeness (QED) is 0.922. The predicted molar refractivity (Wildman–Crippen MR) is 82.3 cm³/mol. The molecule has 1 aliphatic heterocycles. The van der Waals surface area contributed by atoms with Gasteiger partial charge in [0, 0.05) is 24.7 Å². The van der Waals surface area contributed by atoms with Crippen LogP contribution >= 0.6 is 0 Å². The molecule has 0 spiro atoms. The molecule has 0 aromatic heterocycles. The number of hydrogen-bond donors (Lipinski definition) is 1. The van der Waals surface area contributed by atoms with Gasteiger partial charge in [0.15, 0.2) is 0 Å². The summed E-state index contributed by atoms with van der Waals surface area (Å²) in [5.41, 5.74) is 2.52. The minimum atomic E-state index is -0.755. The normalized spacial score (nSPS) is 19.4. The Morgan fingerprint density at radius 3 is 2.30 bits per heavy atom. The SMILES string of the molecule is COc1cc(C)cc(C)c1C1(O)CCN(C(C)C)CC1. The molecule has 1 fully saturated rings. The first-order chi connectivity index (χ1) is 9.37. The van der Waals surface area contributed by atoms with Gasteiger partial charge in [0.1, 0.15) is 5.75 Å². The lowest BCUT2D eigenvalue weighted by Crippen LogP contribution is -2.45. The van der Waals surface area contributed by atoms with E-state index in [0.717, 1.165) is 42.8 Å². The highest BCUT2D eigenvalue weighted by molar-refractivity contribution is 5.46. The van der Waals surface area contributed by atoms with E-state index in [1.165, 1.54) is 5.56 Å². The molecule has 1 aromatic carbocycles. The Morgan fingerprint density at radius 2 is 1.80 bits per heavy atom. The summed E-state index contributed by atoms with van der Waals surface area (Å²) in [6.45, 7) is 10.4. The second kappa shape index (κ2) is 5.74. The number of benzene rings is 1. The van der Waals surface area contributed by atoms with Crippen molar-refractivity contribution in [2.24, 2.45) is 0 Å². The van der Waals surface area contributed by atoms with Gasteiger partial charge in [-0.3, -0.25) is 0 Å². The summed E-state index contributed by atoms with van der Waals surface area (Å²) < 4.78 is 5.53. The molecule has 20 heavy (non-hydrogen) atoms. The Hall–Kier alpha value is -1.06. The zero-order chi connectivity index (χ0) is 14.9. The van der Waals surface area contributed by atoms with E-state index in [-0.39, 0.29) is 0 Å². The second-order valence-electron chi connectivity index (χ2n) is 6.32. The van der Waals surface area contributed by atoms with Crippen molar-refractivity contribution in [1.29, 1.82) is 0 Å². The molecule has 1 N–H and O–H groups in total. The van der Waals surface area contributed by atoms with Crippen LogP contribution in [0.1, 0.15) is 43.4 Å². The van der Waals surface area contributed by atoms with Crippen molar-refractivity contribution >= 4 is 0 Å². The van der Waals surface area contributed by atoms with Gasteiger partial charge in [-0.1, -0.05) is 6.07 Å². The maximum Gasteiger partial charge on any atom is 0.125 e. The lowest BCUT2D eigenvalue weighted by atomic mass is 9.81. The van der Waals surface area contributed by atoms with Crippen molar-refractivity contribution in [3.8, 4) is 5.75 Å². The molecule has 0 saturated carbocycles. The van der Waals surface area contributed by atoms with Crippen LogP contribution in [-0.2, 0) is 5.60 Å². The highest BCUT2D eigenvalue weighted by atomic mass is 16.5. The van der Waals surface area contributed by atoms with Gasteiger partial charge < -0.3 is 14.7 Å². The van der Waals surface area contributed by atoms with E-state index in [2.05, 4.69) is 38.7 Å². The summed E-state index contributed by atoms with van der Waals surface area (Å²) in [6, 6.07) is 4.69.